The average molecular weight is 300 g/mol. The summed E-state index contributed by atoms with van der Waals surface area (Å²) in [4.78, 5) is 16.3. The van der Waals surface area contributed by atoms with Crippen LogP contribution in [0.15, 0.2) is 33.9 Å². The lowest BCUT2D eigenvalue weighted by molar-refractivity contribution is -0.135. The molecule has 0 fully saturated rings. The summed E-state index contributed by atoms with van der Waals surface area (Å²) in [5.74, 6) is -0.455. The van der Waals surface area contributed by atoms with E-state index in [1.165, 1.54) is 0 Å². The van der Waals surface area contributed by atoms with Crippen LogP contribution in [0.3, 0.4) is 0 Å². The molecule has 0 amide bonds. The summed E-state index contributed by atoms with van der Waals surface area (Å²) in [6.45, 7) is 3.95. The molecule has 0 aliphatic carbocycles. The molecule has 0 saturated heterocycles. The average Bonchev–Trinajstić information content (AvgIpc) is 2.32. The molecule has 0 heterocycles. The molecule has 1 aromatic rings. The summed E-state index contributed by atoms with van der Waals surface area (Å²) in [6.07, 6.45) is 0. The Morgan fingerprint density at radius 2 is 2.00 bits per heavy atom. The first-order valence-corrected chi connectivity index (χ1v) is 6.01. The van der Waals surface area contributed by atoms with E-state index < -0.39 is 5.97 Å². The highest BCUT2D eigenvalue weighted by Crippen LogP contribution is 2.11. The maximum atomic E-state index is 11.2. The molecule has 0 N–H and O–H groups in total. The maximum Gasteiger partial charge on any atom is 0.355 e. The van der Waals surface area contributed by atoms with Crippen molar-refractivity contribution in [3.8, 4) is 0 Å². The third-order valence-electron chi connectivity index (χ3n) is 1.92. The zero-order valence-electron chi connectivity index (χ0n) is 9.77. The minimum atomic E-state index is -0.455. The van der Waals surface area contributed by atoms with Gasteiger partial charge in [0, 0.05) is 4.47 Å². The van der Waals surface area contributed by atoms with Gasteiger partial charge in [-0.25, -0.2) is 4.79 Å². The predicted octanol–water partition coefficient (Wildman–Crippen LogP) is 2.90. The molecule has 1 aromatic carbocycles. The van der Waals surface area contributed by atoms with Gasteiger partial charge in [-0.1, -0.05) is 33.2 Å². The Morgan fingerprint density at radius 3 is 2.59 bits per heavy atom. The van der Waals surface area contributed by atoms with E-state index in [0.717, 1.165) is 10.0 Å². The van der Waals surface area contributed by atoms with Gasteiger partial charge in [0.2, 0.25) is 0 Å². The number of nitrogens with zero attached hydrogens (tertiary/aromatic N) is 1. The molecule has 1 rings (SSSR count). The van der Waals surface area contributed by atoms with E-state index in [1.54, 1.807) is 13.8 Å². The smallest absolute Gasteiger partial charge is 0.355 e. The van der Waals surface area contributed by atoms with Crippen LogP contribution in [0.5, 0.6) is 0 Å². The SMILES string of the molecule is CCOC(=O)/C(C)=N\OCc1ccc(Br)cc1. The lowest BCUT2D eigenvalue weighted by Gasteiger charge is -2.02. The largest absolute Gasteiger partial charge is 0.461 e. The predicted molar refractivity (Wildman–Crippen MR) is 68.7 cm³/mol. The number of rotatable bonds is 5. The van der Waals surface area contributed by atoms with E-state index in [1.807, 2.05) is 24.3 Å². The van der Waals surface area contributed by atoms with Crippen molar-refractivity contribution in [2.24, 2.45) is 5.16 Å². The normalized spacial score (nSPS) is 11.1. The van der Waals surface area contributed by atoms with Crippen LogP contribution in [0, 0.1) is 0 Å². The van der Waals surface area contributed by atoms with E-state index in [-0.39, 0.29) is 5.71 Å². The standard InChI is InChI=1S/C12H14BrNO3/c1-3-16-12(15)9(2)14-17-8-10-4-6-11(13)7-5-10/h4-7H,3,8H2,1-2H3/b14-9-. The van der Waals surface area contributed by atoms with Crippen molar-refractivity contribution in [1.82, 2.24) is 0 Å². The van der Waals surface area contributed by atoms with Crippen molar-refractivity contribution in [1.29, 1.82) is 0 Å². The molecule has 92 valence electrons. The minimum absolute atomic E-state index is 0.212. The Hall–Kier alpha value is -1.36. The fourth-order valence-electron chi connectivity index (χ4n) is 1.06. The van der Waals surface area contributed by atoms with Crippen LogP contribution in [0.25, 0.3) is 0 Å². The fraction of sp³-hybridized carbons (Fsp3) is 0.333. The number of halogens is 1. The van der Waals surface area contributed by atoms with Gasteiger partial charge in [0.15, 0.2) is 5.71 Å². The Balaban J connectivity index is 2.43. The van der Waals surface area contributed by atoms with E-state index in [9.17, 15) is 4.79 Å². The van der Waals surface area contributed by atoms with Crippen LogP contribution in [0.1, 0.15) is 19.4 Å². The van der Waals surface area contributed by atoms with Crippen LogP contribution in [-0.4, -0.2) is 18.3 Å². The zero-order chi connectivity index (χ0) is 12.7. The van der Waals surface area contributed by atoms with Crippen LogP contribution < -0.4 is 0 Å². The van der Waals surface area contributed by atoms with Crippen molar-refractivity contribution < 1.29 is 14.4 Å². The van der Waals surface area contributed by atoms with E-state index in [0.29, 0.717) is 13.2 Å². The van der Waals surface area contributed by atoms with Gasteiger partial charge < -0.3 is 9.57 Å². The van der Waals surface area contributed by atoms with Crippen molar-refractivity contribution in [3.05, 3.63) is 34.3 Å². The quantitative estimate of drug-likeness (QED) is 0.477. The van der Waals surface area contributed by atoms with Gasteiger partial charge in [-0.05, 0) is 31.5 Å². The van der Waals surface area contributed by atoms with E-state index >= 15 is 0 Å². The molecule has 0 spiro atoms. The number of esters is 1. The number of carbonyl (C=O) groups excluding carboxylic acids is 1. The molecule has 4 nitrogen and oxygen atoms in total. The number of hydrogen-bond donors (Lipinski definition) is 0. The summed E-state index contributed by atoms with van der Waals surface area (Å²) in [5.41, 5.74) is 1.19. The van der Waals surface area contributed by atoms with Gasteiger partial charge >= 0.3 is 5.97 Å². The van der Waals surface area contributed by atoms with Gasteiger partial charge in [0.25, 0.3) is 0 Å². The van der Waals surface area contributed by atoms with Gasteiger partial charge in [0.05, 0.1) is 6.61 Å². The monoisotopic (exact) mass is 299 g/mol. The van der Waals surface area contributed by atoms with Gasteiger partial charge in [-0.3, -0.25) is 0 Å². The van der Waals surface area contributed by atoms with Gasteiger partial charge in [-0.15, -0.1) is 0 Å². The Bertz CT molecular complexity index is 401. The van der Waals surface area contributed by atoms with Gasteiger partial charge in [-0.2, -0.15) is 0 Å². The van der Waals surface area contributed by atoms with Crippen LogP contribution in [0.4, 0.5) is 0 Å². The molecule has 5 heteroatoms. The zero-order valence-corrected chi connectivity index (χ0v) is 11.4. The number of oxime groups is 1. The second kappa shape index (κ2) is 7.06. The summed E-state index contributed by atoms with van der Waals surface area (Å²) in [6, 6.07) is 7.67. The van der Waals surface area contributed by atoms with E-state index in [2.05, 4.69) is 21.1 Å². The maximum absolute atomic E-state index is 11.2. The molecule has 17 heavy (non-hydrogen) atoms. The second-order valence-corrected chi connectivity index (χ2v) is 4.21. The number of benzene rings is 1. The van der Waals surface area contributed by atoms with Gasteiger partial charge in [0.1, 0.15) is 6.61 Å². The summed E-state index contributed by atoms with van der Waals surface area (Å²) in [7, 11) is 0. The minimum Gasteiger partial charge on any atom is -0.461 e. The highest BCUT2D eigenvalue weighted by atomic mass is 79.9. The summed E-state index contributed by atoms with van der Waals surface area (Å²) >= 11 is 3.34. The van der Waals surface area contributed by atoms with E-state index in [4.69, 9.17) is 9.57 Å². The summed E-state index contributed by atoms with van der Waals surface area (Å²) < 4.78 is 5.77. The second-order valence-electron chi connectivity index (χ2n) is 3.30. The molecule has 0 unspecified atom stereocenters. The summed E-state index contributed by atoms with van der Waals surface area (Å²) in [5, 5.41) is 3.69. The lowest BCUT2D eigenvalue weighted by Crippen LogP contribution is -2.14. The third kappa shape index (κ3) is 4.99. The number of hydrogen-bond acceptors (Lipinski definition) is 4. The molecule has 0 radical (unpaired) electrons. The Kier molecular flexibility index (Phi) is 5.69. The molecular formula is C12H14BrNO3. The first kappa shape index (κ1) is 13.7. The van der Waals surface area contributed by atoms with Crippen LogP contribution >= 0.6 is 15.9 Å². The number of carbonyl (C=O) groups is 1. The Morgan fingerprint density at radius 1 is 1.35 bits per heavy atom. The molecule has 0 atom stereocenters. The molecule has 0 saturated carbocycles. The fourth-order valence-corrected chi connectivity index (χ4v) is 1.32. The highest BCUT2D eigenvalue weighted by molar-refractivity contribution is 9.10. The molecule has 0 aliphatic rings. The van der Waals surface area contributed by atoms with Crippen molar-refractivity contribution >= 4 is 27.6 Å². The molecule has 0 bridgehead atoms. The van der Waals surface area contributed by atoms with Crippen molar-refractivity contribution in [2.45, 2.75) is 20.5 Å². The highest BCUT2D eigenvalue weighted by Gasteiger charge is 2.06. The number of ether oxygens (including phenoxy) is 1. The van der Waals surface area contributed by atoms with Crippen LogP contribution in [0.2, 0.25) is 0 Å². The first-order chi connectivity index (χ1) is 8.13. The molecular weight excluding hydrogens is 286 g/mol. The third-order valence-corrected chi connectivity index (χ3v) is 2.45. The molecule has 0 aromatic heterocycles. The van der Waals surface area contributed by atoms with Crippen molar-refractivity contribution in [3.63, 3.8) is 0 Å². The molecule has 0 aliphatic heterocycles. The topological polar surface area (TPSA) is 47.9 Å². The Labute approximate surface area is 109 Å². The van der Waals surface area contributed by atoms with Crippen molar-refractivity contribution in [2.75, 3.05) is 6.61 Å². The van der Waals surface area contributed by atoms with Crippen LogP contribution in [-0.2, 0) is 21.0 Å². The lowest BCUT2D eigenvalue weighted by atomic mass is 10.2. The first-order valence-electron chi connectivity index (χ1n) is 5.21.